The lowest BCUT2D eigenvalue weighted by Gasteiger charge is -2.39. The number of nitrogens with one attached hydrogen (secondary N) is 1. The number of nitriles is 1. The van der Waals surface area contributed by atoms with E-state index in [0.29, 0.717) is 11.5 Å². The first-order valence-electron chi connectivity index (χ1n) is 19.2. The van der Waals surface area contributed by atoms with Gasteiger partial charge in [0, 0.05) is 31.2 Å². The van der Waals surface area contributed by atoms with E-state index in [2.05, 4.69) is 43.4 Å². The fourth-order valence-corrected chi connectivity index (χ4v) is 8.86. The minimum absolute atomic E-state index is 0.00639. The molecule has 1 saturated heterocycles. The number of benzene rings is 3. The molecule has 1 fully saturated rings. The maximum absolute atomic E-state index is 13.5. The Kier molecular flexibility index (Phi) is 15.8. The third kappa shape index (κ3) is 10.4. The van der Waals surface area contributed by atoms with E-state index in [0.717, 1.165) is 16.7 Å². The molecule has 1 aromatic heterocycles. The van der Waals surface area contributed by atoms with Crippen LogP contribution in [0.3, 0.4) is 0 Å². The van der Waals surface area contributed by atoms with Crippen LogP contribution in [0.2, 0.25) is 0 Å². The predicted octanol–water partition coefficient (Wildman–Crippen LogP) is 6.62. The Morgan fingerprint density at radius 2 is 1.52 bits per heavy atom. The van der Waals surface area contributed by atoms with Gasteiger partial charge < -0.3 is 32.7 Å². The lowest BCUT2D eigenvalue weighted by molar-refractivity contribution is -0.140. The largest absolute Gasteiger partial charge is 0.497 e. The van der Waals surface area contributed by atoms with E-state index in [1.165, 1.54) is 17.9 Å². The zero-order valence-corrected chi connectivity index (χ0v) is 35.0. The van der Waals surface area contributed by atoms with Crippen LogP contribution in [0.25, 0.3) is 0 Å². The van der Waals surface area contributed by atoms with Gasteiger partial charge in [0.2, 0.25) is 0 Å². The lowest BCUT2D eigenvalue weighted by atomic mass is 9.80. The van der Waals surface area contributed by atoms with Crippen LogP contribution < -0.4 is 20.7 Å². The number of aromatic nitrogens is 2. The van der Waals surface area contributed by atoms with Crippen LogP contribution in [0.1, 0.15) is 75.3 Å². The zero-order chi connectivity index (χ0) is 41.8. The molecule has 1 aliphatic rings. The van der Waals surface area contributed by atoms with Gasteiger partial charge in [0.15, 0.2) is 0 Å². The first-order valence-corrected chi connectivity index (χ1v) is 20.4. The number of rotatable bonds is 20. The second kappa shape index (κ2) is 20.7. The molecule has 0 spiro atoms. The molecule has 0 aliphatic carbocycles. The van der Waals surface area contributed by atoms with Gasteiger partial charge in [-0.1, -0.05) is 54.6 Å². The van der Waals surface area contributed by atoms with Crippen LogP contribution in [-0.4, -0.2) is 79.0 Å². The van der Waals surface area contributed by atoms with Gasteiger partial charge in [-0.25, -0.2) is 9.46 Å². The molecule has 0 amide bonds. The number of nitrogens with zero attached hydrogens (tertiary/aromatic N) is 3. The molecule has 1 unspecified atom stereocenters. The van der Waals surface area contributed by atoms with Crippen molar-refractivity contribution in [3.8, 4) is 17.6 Å². The summed E-state index contributed by atoms with van der Waals surface area (Å²) < 4.78 is 46.4. The van der Waals surface area contributed by atoms with Crippen LogP contribution in [0.5, 0.6) is 11.5 Å². The van der Waals surface area contributed by atoms with E-state index >= 15 is 0 Å². The molecule has 1 aliphatic heterocycles. The maximum Gasteiger partial charge on any atom is 0.328 e. The highest BCUT2D eigenvalue weighted by atomic mass is 31.2. The topological polar surface area (TPSA) is 164 Å². The Balaban J connectivity index is 1.61. The SMILES string of the molecule is COC(=O)CCn1cc([C@H]2C[C@H](OP(OCCC#N)N(C(C)C)C(C)C)[C@@H](COC(c3ccccc3)(c3ccc(OC)cc3)c3ccc(OC)cc3)O2)c(=O)[nH]c1=O. The van der Waals surface area contributed by atoms with Crippen LogP contribution in [-0.2, 0) is 40.2 Å². The molecular formula is C43H53N4O10P. The summed E-state index contributed by atoms with van der Waals surface area (Å²) in [6, 6.07) is 27.4. The summed E-state index contributed by atoms with van der Waals surface area (Å²) in [4.78, 5) is 40.6. The van der Waals surface area contributed by atoms with Crippen LogP contribution in [0.15, 0.2) is 94.6 Å². The molecule has 58 heavy (non-hydrogen) atoms. The number of hydrogen-bond donors (Lipinski definition) is 1. The van der Waals surface area contributed by atoms with Crippen molar-refractivity contribution in [3.63, 3.8) is 0 Å². The maximum atomic E-state index is 13.5. The number of aromatic amines is 1. The number of methoxy groups -OCH3 is 3. The fraction of sp³-hybridized carbons (Fsp3) is 0.442. The summed E-state index contributed by atoms with van der Waals surface area (Å²) in [5.41, 5.74) is 0.226. The Hall–Kier alpha value is -4.87. The summed E-state index contributed by atoms with van der Waals surface area (Å²) in [6.45, 7) is 8.34. The van der Waals surface area contributed by atoms with Crippen molar-refractivity contribution in [2.75, 3.05) is 34.5 Å². The van der Waals surface area contributed by atoms with Gasteiger partial charge in [0.25, 0.3) is 14.1 Å². The second-order valence-electron chi connectivity index (χ2n) is 14.3. The fourth-order valence-electron chi connectivity index (χ4n) is 7.10. The number of hydrogen-bond acceptors (Lipinski definition) is 12. The predicted molar refractivity (Wildman–Crippen MR) is 219 cm³/mol. The summed E-state index contributed by atoms with van der Waals surface area (Å²) in [7, 11) is 2.77. The van der Waals surface area contributed by atoms with E-state index in [9.17, 15) is 19.6 Å². The number of esters is 1. The smallest absolute Gasteiger partial charge is 0.328 e. The van der Waals surface area contributed by atoms with Gasteiger partial charge in [-0.3, -0.25) is 19.1 Å². The second-order valence-corrected chi connectivity index (χ2v) is 15.7. The highest BCUT2D eigenvalue weighted by molar-refractivity contribution is 7.44. The van der Waals surface area contributed by atoms with Crippen LogP contribution in [0.4, 0.5) is 0 Å². The highest BCUT2D eigenvalue weighted by Gasteiger charge is 2.45. The molecule has 0 saturated carbocycles. The number of carbonyl (C=O) groups excluding carboxylic acids is 1. The molecule has 5 rings (SSSR count). The van der Waals surface area contributed by atoms with Crippen molar-refractivity contribution < 1.29 is 37.5 Å². The number of carbonyl (C=O) groups is 1. The first kappa shape index (κ1) is 44.2. The molecule has 310 valence electrons. The molecule has 1 N–H and O–H groups in total. The van der Waals surface area contributed by atoms with E-state index in [1.54, 1.807) is 14.2 Å². The molecule has 14 nitrogen and oxygen atoms in total. The zero-order valence-electron chi connectivity index (χ0n) is 34.1. The van der Waals surface area contributed by atoms with Gasteiger partial charge in [-0.2, -0.15) is 5.26 Å². The minimum atomic E-state index is -1.73. The summed E-state index contributed by atoms with van der Waals surface area (Å²) >= 11 is 0. The molecule has 4 aromatic rings. The third-order valence-corrected chi connectivity index (χ3v) is 12.1. The molecule has 15 heteroatoms. The normalized spacial score (nSPS) is 17.4. The van der Waals surface area contributed by atoms with Gasteiger partial charge >= 0.3 is 11.7 Å². The Morgan fingerprint density at radius 3 is 2.05 bits per heavy atom. The van der Waals surface area contributed by atoms with E-state index < -0.39 is 49.7 Å². The van der Waals surface area contributed by atoms with Crippen LogP contribution >= 0.6 is 8.53 Å². The van der Waals surface area contributed by atoms with Crippen molar-refractivity contribution >= 4 is 14.5 Å². The molecule has 2 heterocycles. The highest BCUT2D eigenvalue weighted by Crippen LogP contribution is 2.51. The molecule has 3 aromatic carbocycles. The van der Waals surface area contributed by atoms with Crippen molar-refractivity contribution in [2.45, 2.75) is 89.5 Å². The standard InChI is InChI=1S/C43H53N4O10P/c1-29(2)47(30(3)4)58(55-25-11-23-44)57-38-26-37(36-27-46(24-22-40(48)53-7)42(50)45-41(36)49)56-39(38)28-54-43(31-12-9-8-10-13-31,32-14-18-34(51-5)19-15-32)33-16-20-35(52-6)21-17-33/h8-10,12-21,27,29-30,37-39H,11,22,24-26,28H2,1-7H3,(H,45,49,50)/t37-,38+,39-,58?/m1/s1. The van der Waals surface area contributed by atoms with Crippen molar-refractivity contribution in [1.82, 2.24) is 14.2 Å². The van der Waals surface area contributed by atoms with Gasteiger partial charge in [-0.15, -0.1) is 0 Å². The average molecular weight is 817 g/mol. The van der Waals surface area contributed by atoms with Crippen molar-refractivity contribution in [1.29, 1.82) is 5.26 Å². The number of aryl methyl sites for hydroxylation is 1. The van der Waals surface area contributed by atoms with Gasteiger partial charge in [-0.05, 0) is 68.7 Å². The van der Waals surface area contributed by atoms with Crippen molar-refractivity contribution in [2.24, 2.45) is 0 Å². The molecular weight excluding hydrogens is 763 g/mol. The Labute approximate surface area is 340 Å². The third-order valence-electron chi connectivity index (χ3n) is 9.90. The van der Waals surface area contributed by atoms with E-state index in [1.807, 2.05) is 78.9 Å². The van der Waals surface area contributed by atoms with E-state index in [4.69, 9.17) is 32.7 Å². The Morgan fingerprint density at radius 1 is 0.931 bits per heavy atom. The average Bonchev–Trinajstić information content (AvgIpc) is 3.62. The minimum Gasteiger partial charge on any atom is -0.497 e. The lowest BCUT2D eigenvalue weighted by Crippen LogP contribution is -2.39. The molecule has 0 bridgehead atoms. The first-order chi connectivity index (χ1) is 27.9. The summed E-state index contributed by atoms with van der Waals surface area (Å²) in [5, 5.41) is 9.35. The van der Waals surface area contributed by atoms with Crippen LogP contribution in [0, 0.1) is 11.3 Å². The molecule has 0 radical (unpaired) electrons. The van der Waals surface area contributed by atoms with Gasteiger partial charge in [0.05, 0.1) is 71.2 Å². The number of H-pyrrole nitrogens is 1. The Bertz CT molecular complexity index is 2030. The summed E-state index contributed by atoms with van der Waals surface area (Å²) in [6.07, 6.45) is -0.521. The molecule has 4 atom stereocenters. The van der Waals surface area contributed by atoms with Gasteiger partial charge in [0.1, 0.15) is 23.2 Å². The van der Waals surface area contributed by atoms with E-state index in [-0.39, 0.29) is 56.7 Å². The van der Waals surface area contributed by atoms with Crippen molar-refractivity contribution in [3.05, 3.63) is 128 Å². The monoisotopic (exact) mass is 816 g/mol. The summed E-state index contributed by atoms with van der Waals surface area (Å²) in [5.74, 6) is 0.861. The quantitative estimate of drug-likeness (QED) is 0.0440. The number of ether oxygens (including phenoxy) is 5.